The van der Waals surface area contributed by atoms with Crippen molar-refractivity contribution >= 4 is 38.9 Å². The van der Waals surface area contributed by atoms with Crippen LogP contribution in [0.4, 0.5) is 11.4 Å². The minimum atomic E-state index is -0.418. The number of ether oxygens (including phenoxy) is 1. The molecule has 356 valence electrons. The number of aromatic nitrogens is 2. The van der Waals surface area contributed by atoms with E-state index in [1.54, 1.807) is 0 Å². The summed E-state index contributed by atoms with van der Waals surface area (Å²) in [5.41, 5.74) is 12.7. The van der Waals surface area contributed by atoms with Crippen LogP contribution in [-0.4, -0.2) is 9.55 Å². The Morgan fingerprint density at radius 2 is 1.13 bits per heavy atom. The van der Waals surface area contributed by atoms with Gasteiger partial charge in [-0.25, -0.2) is 4.98 Å². The van der Waals surface area contributed by atoms with Gasteiger partial charge in [0.15, 0.2) is 0 Å². The van der Waals surface area contributed by atoms with Gasteiger partial charge in [-0.1, -0.05) is 195 Å². The van der Waals surface area contributed by atoms with E-state index in [2.05, 4.69) is 266 Å². The molecule has 0 atom stereocenters. The number of nitrogens with zero attached hydrogens (tertiary/aromatic N) is 4. The van der Waals surface area contributed by atoms with E-state index in [9.17, 15) is 0 Å². The number of hydrogen-bond donors (Lipinski definition) is 0. The fourth-order valence-corrected chi connectivity index (χ4v) is 9.68. The maximum Gasteiger partial charge on any atom is 0.135 e. The first-order valence-corrected chi connectivity index (χ1v) is 24.1. The number of rotatable bonds is 10. The van der Waals surface area contributed by atoms with Crippen molar-refractivity contribution in [3.8, 4) is 17.3 Å². The van der Waals surface area contributed by atoms with Gasteiger partial charge < -0.3 is 19.1 Å². The van der Waals surface area contributed by atoms with Gasteiger partial charge in [0.25, 0.3) is 0 Å². The Morgan fingerprint density at radius 3 is 1.77 bits per heavy atom. The Balaban J connectivity index is 0.00000608. The van der Waals surface area contributed by atoms with Crippen LogP contribution < -0.4 is 14.5 Å². The molecule has 6 heteroatoms. The SMILES string of the molecule is CC(C)(C)c1cc(N2C=C(c3ccccc3)N(c3[c-]c(Oc4[c-]c5c(c(C(C)(C)c6ccccc6)c4)c4ccccc4n5-c4cc(C(C)(C)c5ccccc5)ccn4)ccc3)[CH-]2)cc(C(C)(C)C)c1.[Pt]. The standard InChI is InChI=1S/C64H61N4O.Pt/c1-61(2,3)48-35-49(62(4,5)6)37-51(36-48)66-42-58(44-23-14-11-15-24-44)67(43-66)50-29-22-30-52(39-50)69-53-40-55(64(9,10)46-27-18-13-19-28-46)60-54-31-20-21-32-56(54)68(57(60)41-53)59-38-47(33-34-65-59)63(7,8)45-25-16-12-17-26-45;/h11-38,40,42-43H,1-10H3;/q-3;. The summed E-state index contributed by atoms with van der Waals surface area (Å²) in [6.07, 6.45) is 4.17. The number of fused-ring (bicyclic) bond motifs is 3. The fourth-order valence-electron chi connectivity index (χ4n) is 9.68. The second-order valence-corrected chi connectivity index (χ2v) is 21.6. The van der Waals surface area contributed by atoms with Crippen LogP contribution in [0.25, 0.3) is 33.3 Å². The zero-order valence-electron chi connectivity index (χ0n) is 41.9. The normalized spacial score (nSPS) is 13.4. The van der Waals surface area contributed by atoms with Gasteiger partial charge in [-0.3, -0.25) is 0 Å². The Kier molecular flexibility index (Phi) is 12.8. The smallest absolute Gasteiger partial charge is 0.135 e. The van der Waals surface area contributed by atoms with E-state index < -0.39 is 5.41 Å². The summed E-state index contributed by atoms with van der Waals surface area (Å²) < 4.78 is 9.28. The molecule has 2 aromatic heterocycles. The molecule has 1 aliphatic rings. The molecule has 0 fully saturated rings. The van der Waals surface area contributed by atoms with Gasteiger partial charge in [0, 0.05) is 61.1 Å². The summed E-state index contributed by atoms with van der Waals surface area (Å²) in [4.78, 5) is 9.54. The van der Waals surface area contributed by atoms with Gasteiger partial charge in [0.05, 0.1) is 0 Å². The van der Waals surface area contributed by atoms with Crippen molar-refractivity contribution in [2.45, 2.75) is 90.9 Å². The molecule has 1 aliphatic heterocycles. The number of hydrogen-bond acceptors (Lipinski definition) is 4. The van der Waals surface area contributed by atoms with Crippen molar-refractivity contribution in [1.82, 2.24) is 9.55 Å². The molecular formula is C64H61N4OPt-3. The molecule has 9 aromatic rings. The third kappa shape index (κ3) is 9.13. The Hall–Kier alpha value is -6.68. The van der Waals surface area contributed by atoms with Crippen LogP contribution in [0.3, 0.4) is 0 Å². The number of anilines is 2. The summed E-state index contributed by atoms with van der Waals surface area (Å²) in [6.45, 7) is 25.0. The quantitative estimate of drug-likeness (QED) is 0.128. The average molecular weight is 1100 g/mol. The Morgan fingerprint density at radius 1 is 0.529 bits per heavy atom. The van der Waals surface area contributed by atoms with Crippen molar-refractivity contribution in [1.29, 1.82) is 0 Å². The van der Waals surface area contributed by atoms with Crippen LogP contribution in [0.2, 0.25) is 0 Å². The number of para-hydroxylation sites is 1. The Labute approximate surface area is 429 Å². The average Bonchev–Trinajstić information content (AvgIpc) is 3.95. The molecule has 3 heterocycles. The molecule has 0 saturated carbocycles. The van der Waals surface area contributed by atoms with Crippen molar-refractivity contribution in [2.24, 2.45) is 0 Å². The summed E-state index contributed by atoms with van der Waals surface area (Å²) in [6, 6.07) is 67.9. The number of benzene rings is 7. The molecule has 10 rings (SSSR count). The van der Waals surface area contributed by atoms with Crippen molar-refractivity contribution in [2.75, 3.05) is 9.80 Å². The number of pyridine rings is 1. The van der Waals surface area contributed by atoms with Gasteiger partial charge >= 0.3 is 0 Å². The van der Waals surface area contributed by atoms with Crippen molar-refractivity contribution < 1.29 is 25.8 Å². The molecule has 7 aromatic carbocycles. The maximum absolute atomic E-state index is 7.02. The summed E-state index contributed by atoms with van der Waals surface area (Å²) in [7, 11) is 0. The summed E-state index contributed by atoms with van der Waals surface area (Å²) in [5, 5.41) is 2.25. The molecule has 5 nitrogen and oxygen atoms in total. The third-order valence-corrected chi connectivity index (χ3v) is 14.0. The van der Waals surface area contributed by atoms with Crippen LogP contribution in [0.15, 0.2) is 182 Å². The van der Waals surface area contributed by atoms with Crippen LogP contribution in [-0.2, 0) is 42.7 Å². The molecule has 0 spiro atoms. The predicted octanol–water partition coefficient (Wildman–Crippen LogP) is 16.3. The molecule has 70 heavy (non-hydrogen) atoms. The first kappa shape index (κ1) is 48.3. The van der Waals surface area contributed by atoms with E-state index >= 15 is 0 Å². The van der Waals surface area contributed by atoms with Crippen LogP contribution >= 0.6 is 0 Å². The van der Waals surface area contributed by atoms with Crippen molar-refractivity contribution in [3.63, 3.8) is 0 Å². The third-order valence-electron chi connectivity index (χ3n) is 14.0. The summed E-state index contributed by atoms with van der Waals surface area (Å²) >= 11 is 0. The molecular weight excluding hydrogens is 1040 g/mol. The molecule has 0 amide bonds. The van der Waals surface area contributed by atoms with Gasteiger partial charge in [0.2, 0.25) is 0 Å². The fraction of sp³-hybridized carbons (Fsp3) is 0.219. The van der Waals surface area contributed by atoms with E-state index in [-0.39, 0.29) is 37.3 Å². The van der Waals surface area contributed by atoms with E-state index in [4.69, 9.17) is 9.72 Å². The first-order chi connectivity index (χ1) is 33.0. The van der Waals surface area contributed by atoms with Crippen LogP contribution in [0.5, 0.6) is 11.5 Å². The molecule has 0 aliphatic carbocycles. The van der Waals surface area contributed by atoms with E-state index in [0.717, 1.165) is 55.8 Å². The largest absolute Gasteiger partial charge is 0.509 e. The molecule has 0 N–H and O–H groups in total. The zero-order chi connectivity index (χ0) is 48.3. The molecule has 0 unspecified atom stereocenters. The van der Waals surface area contributed by atoms with E-state index in [1.165, 1.54) is 27.8 Å². The van der Waals surface area contributed by atoms with Gasteiger partial charge in [-0.15, -0.1) is 48.3 Å². The van der Waals surface area contributed by atoms with Crippen molar-refractivity contribution in [3.05, 3.63) is 240 Å². The topological polar surface area (TPSA) is 33.5 Å². The maximum atomic E-state index is 7.02. The molecule has 0 radical (unpaired) electrons. The monoisotopic (exact) mass is 1100 g/mol. The van der Waals surface area contributed by atoms with Crippen LogP contribution in [0.1, 0.15) is 108 Å². The predicted molar refractivity (Wildman–Crippen MR) is 287 cm³/mol. The van der Waals surface area contributed by atoms with Gasteiger partial charge in [-0.05, 0) is 91.5 Å². The minimum absolute atomic E-state index is 0. The van der Waals surface area contributed by atoms with Gasteiger partial charge in [0.1, 0.15) is 5.82 Å². The van der Waals surface area contributed by atoms with Gasteiger partial charge in [-0.2, -0.15) is 6.07 Å². The molecule has 0 bridgehead atoms. The summed E-state index contributed by atoms with van der Waals surface area (Å²) in [5.74, 6) is 2.01. The second-order valence-electron chi connectivity index (χ2n) is 21.6. The Bertz CT molecular complexity index is 3320. The second kappa shape index (κ2) is 18.6. The minimum Gasteiger partial charge on any atom is -0.509 e. The zero-order valence-corrected chi connectivity index (χ0v) is 44.2. The van der Waals surface area contributed by atoms with E-state index in [1.807, 2.05) is 18.3 Å². The first-order valence-electron chi connectivity index (χ1n) is 24.1. The van der Waals surface area contributed by atoms with Crippen LogP contribution in [0, 0.1) is 18.8 Å². The molecule has 0 saturated heterocycles. The van der Waals surface area contributed by atoms with E-state index in [0.29, 0.717) is 11.5 Å².